The Morgan fingerprint density at radius 1 is 1.44 bits per heavy atom. The largest absolute Gasteiger partial charge is 0.492 e. The van der Waals surface area contributed by atoms with Crippen LogP contribution in [0, 0.1) is 26.2 Å². The fourth-order valence-electron chi connectivity index (χ4n) is 1.66. The highest BCUT2D eigenvalue weighted by molar-refractivity contribution is 5.51. The predicted octanol–water partition coefficient (Wildman–Crippen LogP) is 3.63. The number of allylic oxidation sites excluding steroid dienone is 1. The topological polar surface area (TPSA) is 9.23 Å². The van der Waals surface area contributed by atoms with Crippen LogP contribution in [0.5, 0.6) is 5.75 Å². The second-order valence-corrected chi connectivity index (χ2v) is 3.88. The fourth-order valence-corrected chi connectivity index (χ4v) is 1.66. The van der Waals surface area contributed by atoms with Crippen molar-refractivity contribution in [1.29, 1.82) is 0 Å². The van der Waals surface area contributed by atoms with Crippen LogP contribution in [0.15, 0.2) is 24.8 Å². The molecular formula is C15H18O. The highest BCUT2D eigenvalue weighted by Gasteiger charge is 2.06. The summed E-state index contributed by atoms with van der Waals surface area (Å²) in [5.41, 5.74) is 3.12. The van der Waals surface area contributed by atoms with Gasteiger partial charge in [-0.2, -0.15) is 0 Å². The SMILES string of the molecule is C#Cc1cc(C)cc(C)c1OCCCC=C. The van der Waals surface area contributed by atoms with E-state index in [1.54, 1.807) is 0 Å². The number of unbranched alkanes of at least 4 members (excludes halogenated alkanes) is 1. The van der Waals surface area contributed by atoms with Gasteiger partial charge in [0.25, 0.3) is 0 Å². The average molecular weight is 214 g/mol. The maximum Gasteiger partial charge on any atom is 0.137 e. The van der Waals surface area contributed by atoms with Crippen LogP contribution in [-0.2, 0) is 0 Å². The van der Waals surface area contributed by atoms with Gasteiger partial charge in [-0.1, -0.05) is 18.1 Å². The van der Waals surface area contributed by atoms with E-state index >= 15 is 0 Å². The van der Waals surface area contributed by atoms with Crippen molar-refractivity contribution in [3.05, 3.63) is 41.5 Å². The minimum Gasteiger partial charge on any atom is -0.492 e. The monoisotopic (exact) mass is 214 g/mol. The molecule has 0 bridgehead atoms. The zero-order chi connectivity index (χ0) is 12.0. The number of rotatable bonds is 5. The van der Waals surface area contributed by atoms with Crippen molar-refractivity contribution in [2.45, 2.75) is 26.7 Å². The second kappa shape index (κ2) is 6.02. The van der Waals surface area contributed by atoms with Gasteiger partial charge in [0, 0.05) is 0 Å². The fraction of sp³-hybridized carbons (Fsp3) is 0.333. The van der Waals surface area contributed by atoms with Gasteiger partial charge in [0.15, 0.2) is 0 Å². The van der Waals surface area contributed by atoms with Crippen molar-refractivity contribution in [1.82, 2.24) is 0 Å². The first-order chi connectivity index (χ1) is 7.69. The van der Waals surface area contributed by atoms with Crippen LogP contribution in [0.1, 0.15) is 29.5 Å². The molecule has 0 heterocycles. The van der Waals surface area contributed by atoms with Crippen molar-refractivity contribution in [3.8, 4) is 18.1 Å². The van der Waals surface area contributed by atoms with E-state index in [9.17, 15) is 0 Å². The molecule has 1 heteroatoms. The zero-order valence-electron chi connectivity index (χ0n) is 10.0. The molecule has 0 unspecified atom stereocenters. The van der Waals surface area contributed by atoms with Crippen molar-refractivity contribution < 1.29 is 4.74 Å². The minimum absolute atomic E-state index is 0.685. The molecule has 1 aromatic rings. The lowest BCUT2D eigenvalue weighted by Crippen LogP contribution is -2.01. The van der Waals surface area contributed by atoms with Crippen LogP contribution in [0.2, 0.25) is 0 Å². The molecule has 0 spiro atoms. The molecule has 0 aliphatic carbocycles. The van der Waals surface area contributed by atoms with E-state index in [0.29, 0.717) is 6.61 Å². The van der Waals surface area contributed by atoms with Crippen LogP contribution in [0.4, 0.5) is 0 Å². The minimum atomic E-state index is 0.685. The third-order valence-corrected chi connectivity index (χ3v) is 2.37. The molecule has 0 atom stereocenters. The Balaban J connectivity index is 2.78. The van der Waals surface area contributed by atoms with E-state index in [1.165, 1.54) is 5.56 Å². The quantitative estimate of drug-likeness (QED) is 0.413. The smallest absolute Gasteiger partial charge is 0.137 e. The normalized spacial score (nSPS) is 9.56. The summed E-state index contributed by atoms with van der Waals surface area (Å²) < 4.78 is 5.73. The van der Waals surface area contributed by atoms with Gasteiger partial charge in [-0.05, 0) is 43.9 Å². The summed E-state index contributed by atoms with van der Waals surface area (Å²) in [5, 5.41) is 0. The number of benzene rings is 1. The van der Waals surface area contributed by atoms with Gasteiger partial charge in [-0.25, -0.2) is 0 Å². The van der Waals surface area contributed by atoms with Gasteiger partial charge >= 0.3 is 0 Å². The Morgan fingerprint density at radius 3 is 2.81 bits per heavy atom. The van der Waals surface area contributed by atoms with E-state index in [-0.39, 0.29) is 0 Å². The van der Waals surface area contributed by atoms with Gasteiger partial charge in [0.2, 0.25) is 0 Å². The second-order valence-electron chi connectivity index (χ2n) is 3.88. The predicted molar refractivity (Wildman–Crippen MR) is 68.8 cm³/mol. The molecule has 0 fully saturated rings. The van der Waals surface area contributed by atoms with Crippen molar-refractivity contribution in [3.63, 3.8) is 0 Å². The van der Waals surface area contributed by atoms with Crippen LogP contribution in [0.25, 0.3) is 0 Å². The number of hydrogen-bond donors (Lipinski definition) is 0. The van der Waals surface area contributed by atoms with Gasteiger partial charge < -0.3 is 4.74 Å². The van der Waals surface area contributed by atoms with Gasteiger partial charge in [-0.15, -0.1) is 13.0 Å². The summed E-state index contributed by atoms with van der Waals surface area (Å²) in [5.74, 6) is 3.52. The first-order valence-corrected chi connectivity index (χ1v) is 5.50. The Bertz CT molecular complexity index is 410. The molecular weight excluding hydrogens is 196 g/mol. The van der Waals surface area contributed by atoms with E-state index in [2.05, 4.69) is 18.6 Å². The molecule has 0 radical (unpaired) electrons. The summed E-state index contributed by atoms with van der Waals surface area (Å²) in [4.78, 5) is 0. The van der Waals surface area contributed by atoms with Crippen LogP contribution < -0.4 is 4.74 Å². The molecule has 0 N–H and O–H groups in total. The Kier molecular flexibility index (Phi) is 4.66. The summed E-state index contributed by atoms with van der Waals surface area (Å²) in [6.45, 7) is 8.43. The lowest BCUT2D eigenvalue weighted by Gasteiger charge is -2.11. The Hall–Kier alpha value is -1.68. The molecule has 0 saturated heterocycles. The number of ether oxygens (including phenoxy) is 1. The molecule has 1 nitrogen and oxygen atoms in total. The molecule has 1 aromatic carbocycles. The molecule has 0 aromatic heterocycles. The molecule has 0 aliphatic heterocycles. The summed E-state index contributed by atoms with van der Waals surface area (Å²) in [7, 11) is 0. The molecule has 0 amide bonds. The maximum atomic E-state index is 5.73. The molecule has 1 rings (SSSR count). The third kappa shape index (κ3) is 3.17. The van der Waals surface area contributed by atoms with Crippen LogP contribution in [0.3, 0.4) is 0 Å². The lowest BCUT2D eigenvalue weighted by atomic mass is 10.1. The Morgan fingerprint density at radius 2 is 2.19 bits per heavy atom. The Labute approximate surface area is 98.1 Å². The van der Waals surface area contributed by atoms with Crippen LogP contribution >= 0.6 is 0 Å². The van der Waals surface area contributed by atoms with Crippen molar-refractivity contribution in [2.75, 3.05) is 6.61 Å². The van der Waals surface area contributed by atoms with Gasteiger partial charge in [-0.3, -0.25) is 0 Å². The first-order valence-electron chi connectivity index (χ1n) is 5.50. The summed E-state index contributed by atoms with van der Waals surface area (Å²) in [6, 6.07) is 4.07. The van der Waals surface area contributed by atoms with E-state index in [1.807, 2.05) is 26.0 Å². The van der Waals surface area contributed by atoms with Crippen LogP contribution in [-0.4, -0.2) is 6.61 Å². The van der Waals surface area contributed by atoms with E-state index in [0.717, 1.165) is 29.7 Å². The van der Waals surface area contributed by atoms with E-state index in [4.69, 9.17) is 11.2 Å². The number of aryl methyl sites for hydroxylation is 2. The van der Waals surface area contributed by atoms with E-state index < -0.39 is 0 Å². The highest BCUT2D eigenvalue weighted by Crippen LogP contribution is 2.24. The molecule has 84 valence electrons. The zero-order valence-corrected chi connectivity index (χ0v) is 10.0. The third-order valence-electron chi connectivity index (χ3n) is 2.37. The number of terminal acetylenes is 1. The first kappa shape index (κ1) is 12.4. The van der Waals surface area contributed by atoms with Gasteiger partial charge in [0.1, 0.15) is 5.75 Å². The molecule has 0 saturated carbocycles. The van der Waals surface area contributed by atoms with Gasteiger partial charge in [0.05, 0.1) is 12.2 Å². The highest BCUT2D eigenvalue weighted by atomic mass is 16.5. The standard InChI is InChI=1S/C15H18O/c1-5-7-8-9-16-15-13(4)10-12(3)11-14(15)6-2/h2,5,10-11H,1,7-9H2,3-4H3. The summed E-state index contributed by atoms with van der Waals surface area (Å²) >= 11 is 0. The molecule has 0 aliphatic rings. The number of hydrogen-bond acceptors (Lipinski definition) is 1. The summed E-state index contributed by atoms with van der Waals surface area (Å²) in [6.07, 6.45) is 9.31. The average Bonchev–Trinajstić information content (AvgIpc) is 2.26. The lowest BCUT2D eigenvalue weighted by molar-refractivity contribution is 0.309. The maximum absolute atomic E-state index is 5.73. The van der Waals surface area contributed by atoms with Crippen molar-refractivity contribution in [2.24, 2.45) is 0 Å². The molecule has 16 heavy (non-hydrogen) atoms. The van der Waals surface area contributed by atoms with Crippen molar-refractivity contribution >= 4 is 0 Å².